The highest BCUT2D eigenvalue weighted by molar-refractivity contribution is 5.77. The van der Waals surface area contributed by atoms with E-state index < -0.39 is 92.0 Å². The summed E-state index contributed by atoms with van der Waals surface area (Å²) in [5.74, 6) is 0.598. The highest BCUT2D eigenvalue weighted by Gasteiger charge is 2.49. The summed E-state index contributed by atoms with van der Waals surface area (Å²) in [6.07, 6.45) is -9.91. The smallest absolute Gasteiger partial charge is 0.336 e. The molecule has 0 spiro atoms. The molecule has 51 heavy (non-hydrogen) atoms. The number of benzene rings is 1. The van der Waals surface area contributed by atoms with Crippen LogP contribution in [-0.4, -0.2) is 134 Å². The predicted molar refractivity (Wildman–Crippen MR) is 182 cm³/mol. The van der Waals surface area contributed by atoms with E-state index in [1.54, 1.807) is 26.0 Å². The molecule has 1 aromatic heterocycles. The van der Waals surface area contributed by atoms with Crippen molar-refractivity contribution in [3.8, 4) is 5.75 Å². The maximum atomic E-state index is 11.5. The monoisotopic (exact) mass is 724 g/mol. The van der Waals surface area contributed by atoms with Crippen LogP contribution < -0.4 is 10.4 Å². The normalized spacial score (nSPS) is 31.5. The van der Waals surface area contributed by atoms with Crippen molar-refractivity contribution in [2.45, 2.75) is 126 Å². The minimum atomic E-state index is -1.71. The third kappa shape index (κ3) is 10.9. The Kier molecular flexibility index (Phi) is 14.7. The van der Waals surface area contributed by atoms with E-state index in [1.165, 1.54) is 6.07 Å². The molecule has 1 aromatic carbocycles. The molecule has 8 N–H and O–H groups in total. The van der Waals surface area contributed by atoms with Gasteiger partial charge in [-0.3, -0.25) is 0 Å². The maximum absolute atomic E-state index is 11.5. The van der Waals surface area contributed by atoms with E-state index in [0.29, 0.717) is 30.8 Å². The third-order valence-corrected chi connectivity index (χ3v) is 9.28. The maximum Gasteiger partial charge on any atom is 0.336 e. The standard InChI is InChI=1S/C36H52O15/c1-19(6-5-7-20(2)14-15-46-22-11-9-21-10-13-27(39)48-23(21)16-22)8-12-26(38)36(3,4)51-35-33(45)31(43)29(41)25(50-35)18-47-34-32(44)30(42)28(40)24(17-37)49-34/h6,9-11,13-14,16,24-26,28-35,37-38,40-45H,5,7-8,12,15,17-18H2,1-4H3. The van der Waals surface area contributed by atoms with E-state index in [9.17, 15) is 45.6 Å². The summed E-state index contributed by atoms with van der Waals surface area (Å²) in [6.45, 7) is 6.40. The highest BCUT2D eigenvalue weighted by Crippen LogP contribution is 2.30. The van der Waals surface area contributed by atoms with Gasteiger partial charge in [0, 0.05) is 17.5 Å². The first-order valence-electron chi connectivity index (χ1n) is 17.1. The SMILES string of the molecule is CC(=CCOc1ccc2ccc(=O)oc2c1)CCC=C(C)CCC(O)C(C)(C)OC1OC(COC2OC(CO)C(O)C(O)C2O)C(O)C(O)C1O. The Morgan fingerprint density at radius 2 is 1.47 bits per heavy atom. The molecule has 15 heteroatoms. The largest absolute Gasteiger partial charge is 0.489 e. The summed E-state index contributed by atoms with van der Waals surface area (Å²) in [6, 6.07) is 8.41. The number of aliphatic hydroxyl groups excluding tert-OH is 8. The molecule has 2 aliphatic heterocycles. The van der Waals surface area contributed by atoms with Crippen molar-refractivity contribution < 1.29 is 69.0 Å². The quantitative estimate of drug-likeness (QED) is 0.0864. The van der Waals surface area contributed by atoms with Crippen molar-refractivity contribution in [3.63, 3.8) is 0 Å². The lowest BCUT2D eigenvalue weighted by Gasteiger charge is -2.45. The molecule has 0 bridgehead atoms. The van der Waals surface area contributed by atoms with Crippen LogP contribution in [0.15, 0.2) is 62.8 Å². The molecule has 2 aliphatic rings. The molecular weight excluding hydrogens is 672 g/mol. The average molecular weight is 725 g/mol. The van der Waals surface area contributed by atoms with Gasteiger partial charge in [-0.1, -0.05) is 17.2 Å². The van der Waals surface area contributed by atoms with Crippen LogP contribution >= 0.6 is 0 Å². The van der Waals surface area contributed by atoms with Crippen LogP contribution in [0.2, 0.25) is 0 Å². The van der Waals surface area contributed by atoms with E-state index in [1.807, 2.05) is 32.1 Å². The molecule has 3 heterocycles. The first kappa shape index (κ1) is 41.0. The van der Waals surface area contributed by atoms with Crippen LogP contribution in [0.3, 0.4) is 0 Å². The van der Waals surface area contributed by atoms with Crippen LogP contribution in [-0.2, 0) is 18.9 Å². The number of rotatable bonds is 16. The first-order valence-corrected chi connectivity index (χ1v) is 17.1. The number of fused-ring (bicyclic) bond motifs is 1. The van der Waals surface area contributed by atoms with Crippen LogP contribution in [0, 0.1) is 0 Å². The molecule has 11 atom stereocenters. The lowest BCUT2D eigenvalue weighted by molar-refractivity contribution is -0.347. The Morgan fingerprint density at radius 3 is 2.18 bits per heavy atom. The predicted octanol–water partition coefficient (Wildman–Crippen LogP) is 0.405. The van der Waals surface area contributed by atoms with Crippen molar-refractivity contribution in [2.75, 3.05) is 19.8 Å². The van der Waals surface area contributed by atoms with Crippen molar-refractivity contribution in [1.29, 1.82) is 0 Å². The number of hydrogen-bond acceptors (Lipinski definition) is 15. The van der Waals surface area contributed by atoms with Gasteiger partial charge in [-0.15, -0.1) is 0 Å². The van der Waals surface area contributed by atoms with Gasteiger partial charge in [0.2, 0.25) is 0 Å². The lowest BCUT2D eigenvalue weighted by atomic mass is 9.94. The molecule has 2 fully saturated rings. The van der Waals surface area contributed by atoms with Crippen LogP contribution in [0.25, 0.3) is 11.0 Å². The minimum Gasteiger partial charge on any atom is -0.489 e. The molecule has 0 saturated carbocycles. The first-order chi connectivity index (χ1) is 24.1. The number of allylic oxidation sites excluding steroid dienone is 3. The van der Waals surface area contributed by atoms with Gasteiger partial charge in [0.1, 0.15) is 66.8 Å². The van der Waals surface area contributed by atoms with Crippen molar-refractivity contribution >= 4 is 11.0 Å². The van der Waals surface area contributed by atoms with Crippen molar-refractivity contribution in [1.82, 2.24) is 0 Å². The molecule has 2 aromatic rings. The fourth-order valence-corrected chi connectivity index (χ4v) is 5.80. The number of ether oxygens (including phenoxy) is 5. The molecular formula is C36H52O15. The summed E-state index contributed by atoms with van der Waals surface area (Å²) in [5.41, 5.74) is 0.984. The molecule has 0 aliphatic carbocycles. The summed E-state index contributed by atoms with van der Waals surface area (Å²) >= 11 is 0. The topological polar surface area (TPSA) is 238 Å². The van der Waals surface area contributed by atoms with Crippen LogP contribution in [0.4, 0.5) is 0 Å². The Morgan fingerprint density at radius 1 is 0.843 bits per heavy atom. The number of hydrogen-bond donors (Lipinski definition) is 8. The van der Waals surface area contributed by atoms with E-state index in [4.69, 9.17) is 28.1 Å². The molecule has 4 rings (SSSR count). The fraction of sp³-hybridized carbons (Fsp3) is 0.639. The van der Waals surface area contributed by atoms with Crippen LogP contribution in [0.1, 0.15) is 53.4 Å². The Balaban J connectivity index is 1.22. The number of aliphatic hydroxyl groups is 8. The summed E-state index contributed by atoms with van der Waals surface area (Å²) in [7, 11) is 0. The van der Waals surface area contributed by atoms with Gasteiger partial charge in [-0.25, -0.2) is 4.79 Å². The van der Waals surface area contributed by atoms with E-state index >= 15 is 0 Å². The lowest BCUT2D eigenvalue weighted by Crippen LogP contribution is -2.62. The summed E-state index contributed by atoms with van der Waals surface area (Å²) < 4.78 is 33.4. The molecule has 11 unspecified atom stereocenters. The van der Waals surface area contributed by atoms with Crippen molar-refractivity contribution in [2.24, 2.45) is 0 Å². The fourth-order valence-electron chi connectivity index (χ4n) is 5.80. The second-order valence-corrected chi connectivity index (χ2v) is 13.7. The molecule has 2 saturated heterocycles. The second-order valence-electron chi connectivity index (χ2n) is 13.7. The Hall–Kier alpha value is -2.77. The van der Waals surface area contributed by atoms with E-state index in [0.717, 1.165) is 29.4 Å². The molecule has 286 valence electrons. The van der Waals surface area contributed by atoms with Gasteiger partial charge in [-0.2, -0.15) is 0 Å². The third-order valence-electron chi connectivity index (χ3n) is 9.28. The van der Waals surface area contributed by atoms with Gasteiger partial charge in [0.25, 0.3) is 0 Å². The zero-order chi connectivity index (χ0) is 37.5. The molecule has 0 amide bonds. The zero-order valence-electron chi connectivity index (χ0n) is 29.3. The zero-order valence-corrected chi connectivity index (χ0v) is 29.3. The molecule has 0 radical (unpaired) electrons. The Labute approximate surface area is 295 Å². The second kappa shape index (κ2) is 18.3. The van der Waals surface area contributed by atoms with Gasteiger partial charge in [0.05, 0.1) is 24.9 Å². The van der Waals surface area contributed by atoms with Gasteiger partial charge in [0.15, 0.2) is 12.6 Å². The molecule has 15 nitrogen and oxygen atoms in total. The average Bonchev–Trinajstić information content (AvgIpc) is 3.09. The van der Waals surface area contributed by atoms with Gasteiger partial charge in [-0.05, 0) is 77.7 Å². The summed E-state index contributed by atoms with van der Waals surface area (Å²) in [4.78, 5) is 11.5. The summed E-state index contributed by atoms with van der Waals surface area (Å²) in [5, 5.41) is 83.1. The minimum absolute atomic E-state index is 0.321. The van der Waals surface area contributed by atoms with E-state index in [2.05, 4.69) is 6.08 Å². The van der Waals surface area contributed by atoms with E-state index in [-0.39, 0.29) is 0 Å². The van der Waals surface area contributed by atoms with Gasteiger partial charge < -0.3 is 69.0 Å². The van der Waals surface area contributed by atoms with Gasteiger partial charge >= 0.3 is 5.63 Å². The highest BCUT2D eigenvalue weighted by atomic mass is 16.7. The van der Waals surface area contributed by atoms with Crippen LogP contribution in [0.5, 0.6) is 5.75 Å². The van der Waals surface area contributed by atoms with Crippen molar-refractivity contribution in [3.05, 3.63) is 64.1 Å². The Bertz CT molecular complexity index is 1520.